The number of hydrogen-bond donors (Lipinski definition) is 0. The lowest BCUT2D eigenvalue weighted by Crippen LogP contribution is -2.19. The van der Waals surface area contributed by atoms with E-state index in [-0.39, 0.29) is 0 Å². The maximum atomic E-state index is 11.4. The first-order valence-electron chi connectivity index (χ1n) is 3.50. The third-order valence-corrected chi connectivity index (χ3v) is 3.72. The van der Waals surface area contributed by atoms with E-state index in [9.17, 15) is 4.21 Å². The average Bonchev–Trinajstić information content (AvgIpc) is 2.57. The van der Waals surface area contributed by atoms with Crippen molar-refractivity contribution in [3.8, 4) is 0 Å². The van der Waals surface area contributed by atoms with E-state index in [0.29, 0.717) is 17.4 Å². The molecular formula is C7H7NO2S2. The normalized spacial score (nSPS) is 23.0. The van der Waals surface area contributed by atoms with E-state index in [1.807, 2.05) is 17.5 Å². The molecule has 2 heterocycles. The maximum Gasteiger partial charge on any atom is 0.183 e. The quantitative estimate of drug-likeness (QED) is 0.684. The van der Waals surface area contributed by atoms with Crippen molar-refractivity contribution < 1.29 is 9.05 Å². The van der Waals surface area contributed by atoms with Crippen LogP contribution in [0.5, 0.6) is 0 Å². The molecule has 0 aromatic carbocycles. The van der Waals surface area contributed by atoms with Gasteiger partial charge in [0.1, 0.15) is 6.61 Å². The van der Waals surface area contributed by atoms with E-state index >= 15 is 0 Å². The fourth-order valence-corrected chi connectivity index (χ4v) is 2.78. The van der Waals surface area contributed by atoms with E-state index in [1.54, 1.807) is 0 Å². The molecular weight excluding hydrogens is 194 g/mol. The SMILES string of the molecule is O=S1CCON=C1c1cccs1. The van der Waals surface area contributed by atoms with Crippen molar-refractivity contribution in [3.63, 3.8) is 0 Å². The van der Waals surface area contributed by atoms with Crippen LogP contribution in [0.1, 0.15) is 4.88 Å². The van der Waals surface area contributed by atoms with Gasteiger partial charge in [0.15, 0.2) is 5.04 Å². The first-order chi connectivity index (χ1) is 5.88. The number of hydrogen-bond acceptors (Lipinski definition) is 4. The standard InChI is InChI=1S/C7H7NO2S2/c9-12-5-3-10-8-7(12)6-2-1-4-11-6/h1-2,4H,3,5H2. The Morgan fingerprint density at radius 3 is 3.25 bits per heavy atom. The Morgan fingerprint density at radius 2 is 2.58 bits per heavy atom. The molecule has 1 aromatic heterocycles. The van der Waals surface area contributed by atoms with Crippen molar-refractivity contribution >= 4 is 27.2 Å². The summed E-state index contributed by atoms with van der Waals surface area (Å²) in [6.07, 6.45) is 0. The lowest BCUT2D eigenvalue weighted by atomic mass is 10.5. The molecule has 1 aliphatic heterocycles. The molecule has 0 aliphatic carbocycles. The van der Waals surface area contributed by atoms with Crippen LogP contribution in [0.25, 0.3) is 0 Å². The predicted molar refractivity (Wildman–Crippen MR) is 49.8 cm³/mol. The van der Waals surface area contributed by atoms with Crippen LogP contribution in [0.2, 0.25) is 0 Å². The topological polar surface area (TPSA) is 38.7 Å². The number of oxime groups is 1. The zero-order valence-electron chi connectivity index (χ0n) is 6.23. The molecule has 12 heavy (non-hydrogen) atoms. The molecule has 0 radical (unpaired) electrons. The second-order valence-corrected chi connectivity index (χ2v) is 4.69. The summed E-state index contributed by atoms with van der Waals surface area (Å²) in [4.78, 5) is 5.82. The minimum absolute atomic E-state index is 0.460. The molecule has 0 fully saturated rings. The highest BCUT2D eigenvalue weighted by atomic mass is 32.2. The average molecular weight is 201 g/mol. The lowest BCUT2D eigenvalue weighted by molar-refractivity contribution is 0.159. The summed E-state index contributed by atoms with van der Waals surface area (Å²) in [7, 11) is -0.972. The summed E-state index contributed by atoms with van der Waals surface area (Å²) in [5.41, 5.74) is 0. The molecule has 1 unspecified atom stereocenters. The Kier molecular flexibility index (Phi) is 2.23. The van der Waals surface area contributed by atoms with Crippen LogP contribution in [-0.4, -0.2) is 21.6 Å². The molecule has 0 spiro atoms. The third kappa shape index (κ3) is 1.42. The van der Waals surface area contributed by atoms with Crippen molar-refractivity contribution in [2.75, 3.05) is 12.4 Å². The van der Waals surface area contributed by atoms with Gasteiger partial charge in [-0.15, -0.1) is 11.3 Å². The highest BCUT2D eigenvalue weighted by Gasteiger charge is 2.17. The van der Waals surface area contributed by atoms with Gasteiger partial charge < -0.3 is 4.84 Å². The highest BCUT2D eigenvalue weighted by Crippen LogP contribution is 2.14. The van der Waals surface area contributed by atoms with Crippen LogP contribution < -0.4 is 0 Å². The smallest absolute Gasteiger partial charge is 0.183 e. The van der Waals surface area contributed by atoms with Crippen LogP contribution in [0, 0.1) is 0 Å². The Balaban J connectivity index is 2.34. The monoisotopic (exact) mass is 201 g/mol. The third-order valence-electron chi connectivity index (χ3n) is 1.46. The predicted octanol–water partition coefficient (Wildman–Crippen LogP) is 1.19. The van der Waals surface area contributed by atoms with Crippen LogP contribution >= 0.6 is 11.3 Å². The first-order valence-corrected chi connectivity index (χ1v) is 5.70. The largest absolute Gasteiger partial charge is 0.394 e. The van der Waals surface area contributed by atoms with Gasteiger partial charge in [-0.2, -0.15) is 0 Å². The number of thiophene rings is 1. The Morgan fingerprint density at radius 1 is 1.67 bits per heavy atom. The Bertz CT molecular complexity index is 318. The minimum atomic E-state index is -0.972. The summed E-state index contributed by atoms with van der Waals surface area (Å²) in [5.74, 6) is 0.552. The molecule has 0 bridgehead atoms. The first kappa shape index (κ1) is 7.94. The molecule has 1 aliphatic rings. The van der Waals surface area contributed by atoms with Crippen LogP contribution in [-0.2, 0) is 15.6 Å². The molecule has 0 amide bonds. The lowest BCUT2D eigenvalue weighted by Gasteiger charge is -2.09. The minimum Gasteiger partial charge on any atom is -0.394 e. The van der Waals surface area contributed by atoms with Gasteiger partial charge in [0, 0.05) is 0 Å². The number of rotatable bonds is 1. The number of nitrogens with zero attached hydrogens (tertiary/aromatic N) is 1. The second-order valence-electron chi connectivity index (χ2n) is 2.26. The Labute approximate surface area is 76.5 Å². The van der Waals surface area contributed by atoms with Crippen LogP contribution in [0.4, 0.5) is 0 Å². The molecule has 0 N–H and O–H groups in total. The van der Waals surface area contributed by atoms with E-state index in [1.165, 1.54) is 11.3 Å². The molecule has 1 aromatic rings. The van der Waals surface area contributed by atoms with Gasteiger partial charge in [0.2, 0.25) is 0 Å². The van der Waals surface area contributed by atoms with Crippen molar-refractivity contribution in [1.82, 2.24) is 0 Å². The van der Waals surface area contributed by atoms with Gasteiger partial charge in [-0.05, 0) is 11.4 Å². The van der Waals surface area contributed by atoms with Crippen molar-refractivity contribution in [3.05, 3.63) is 22.4 Å². The van der Waals surface area contributed by atoms with Gasteiger partial charge in [-0.3, -0.25) is 4.21 Å². The molecule has 0 saturated carbocycles. The maximum absolute atomic E-state index is 11.4. The van der Waals surface area contributed by atoms with E-state index in [4.69, 9.17) is 4.84 Å². The summed E-state index contributed by atoms with van der Waals surface area (Å²) in [6, 6.07) is 3.81. The molecule has 3 nitrogen and oxygen atoms in total. The van der Waals surface area contributed by atoms with Crippen molar-refractivity contribution in [2.45, 2.75) is 0 Å². The molecule has 1 atom stereocenters. The van der Waals surface area contributed by atoms with Crippen molar-refractivity contribution in [1.29, 1.82) is 0 Å². The van der Waals surface area contributed by atoms with E-state index < -0.39 is 10.8 Å². The van der Waals surface area contributed by atoms with Crippen molar-refractivity contribution in [2.24, 2.45) is 5.16 Å². The summed E-state index contributed by atoms with van der Waals surface area (Å²) >= 11 is 1.53. The fourth-order valence-electron chi connectivity index (χ4n) is 0.913. The van der Waals surface area contributed by atoms with Crippen LogP contribution in [0.15, 0.2) is 22.7 Å². The van der Waals surface area contributed by atoms with E-state index in [0.717, 1.165) is 4.88 Å². The molecule has 0 saturated heterocycles. The molecule has 5 heteroatoms. The fraction of sp³-hybridized carbons (Fsp3) is 0.286. The summed E-state index contributed by atoms with van der Waals surface area (Å²) in [6.45, 7) is 0.460. The van der Waals surface area contributed by atoms with Gasteiger partial charge in [0.25, 0.3) is 0 Å². The summed E-state index contributed by atoms with van der Waals surface area (Å²) < 4.78 is 11.4. The second kappa shape index (κ2) is 3.37. The van der Waals surface area contributed by atoms with E-state index in [2.05, 4.69) is 5.16 Å². The molecule has 2 rings (SSSR count). The Hall–Kier alpha value is -0.680. The highest BCUT2D eigenvalue weighted by molar-refractivity contribution is 8.01. The van der Waals surface area contributed by atoms with Gasteiger partial charge in [0.05, 0.1) is 21.4 Å². The summed E-state index contributed by atoms with van der Waals surface area (Å²) in [5, 5.41) is 6.29. The van der Waals surface area contributed by atoms with Gasteiger partial charge in [-0.25, -0.2) is 0 Å². The zero-order chi connectivity index (χ0) is 8.39. The van der Waals surface area contributed by atoms with Crippen LogP contribution in [0.3, 0.4) is 0 Å². The van der Waals surface area contributed by atoms with Gasteiger partial charge >= 0.3 is 0 Å². The molecule has 64 valence electrons. The van der Waals surface area contributed by atoms with Gasteiger partial charge in [-0.1, -0.05) is 11.2 Å². The zero-order valence-corrected chi connectivity index (χ0v) is 7.86.